The Labute approximate surface area is 204 Å². The van der Waals surface area contributed by atoms with Crippen LogP contribution in [0.2, 0.25) is 0 Å². The number of nitrogens with one attached hydrogen (secondary N) is 1. The summed E-state index contributed by atoms with van der Waals surface area (Å²) in [5.74, 6) is 7.71. The van der Waals surface area contributed by atoms with Crippen LogP contribution in [-0.4, -0.2) is 60.6 Å². The van der Waals surface area contributed by atoms with Crippen molar-refractivity contribution >= 4 is 0 Å². The van der Waals surface area contributed by atoms with Gasteiger partial charge in [0.25, 0.3) is 0 Å². The minimum atomic E-state index is 0.798. The van der Waals surface area contributed by atoms with Crippen LogP contribution in [0, 0.1) is 47.3 Å². The average Bonchev–Trinajstić information content (AvgIpc) is 2.92. The fraction of sp³-hybridized carbons (Fsp3) is 1.00. The minimum absolute atomic E-state index is 0.798. The molecule has 6 aliphatic rings. The van der Waals surface area contributed by atoms with Crippen LogP contribution in [0.5, 0.6) is 0 Å². The number of nitrogens with zero attached hydrogens (tertiary/aromatic N) is 2. The predicted octanol–water partition coefficient (Wildman–Crippen LogP) is 5.65. The van der Waals surface area contributed by atoms with Gasteiger partial charge in [-0.05, 0) is 138 Å². The molecule has 6 fully saturated rings. The molecule has 0 spiro atoms. The summed E-state index contributed by atoms with van der Waals surface area (Å²) in [6.07, 6.45) is 16.4. The third kappa shape index (κ3) is 4.35. The SMILES string of the molecule is CCN1CCC[C@@H]2[C@@H](C[C@@H]3CC[C@@H]4[C@@H]5C[C@@H]6[C@@H](C[C@@H](C)C[C@@H]6N(C)C5)C[C@@H]4N3)C[C@H](C)C[C@@H]21. The van der Waals surface area contributed by atoms with Gasteiger partial charge in [-0.3, -0.25) is 0 Å². The molecule has 3 aliphatic heterocycles. The molecule has 3 aliphatic carbocycles. The molecule has 2 bridgehead atoms. The van der Waals surface area contributed by atoms with E-state index >= 15 is 0 Å². The molecule has 0 amide bonds. The zero-order valence-electron chi connectivity index (χ0n) is 22.2. The first-order chi connectivity index (χ1) is 16.0. The van der Waals surface area contributed by atoms with Crippen molar-refractivity contribution in [2.75, 3.05) is 26.7 Å². The number of piperidine rings is 3. The molecule has 0 aromatic carbocycles. The van der Waals surface area contributed by atoms with Gasteiger partial charge in [-0.15, -0.1) is 0 Å². The number of likely N-dealkylation sites (tertiary alicyclic amines) is 2. The minimum Gasteiger partial charge on any atom is -0.311 e. The predicted molar refractivity (Wildman–Crippen MR) is 138 cm³/mol. The molecule has 6 rings (SSSR count). The second-order valence-electron chi connectivity index (χ2n) is 14.0. The maximum Gasteiger partial charge on any atom is 0.0129 e. The molecular weight excluding hydrogens is 402 g/mol. The van der Waals surface area contributed by atoms with Gasteiger partial charge in [0.15, 0.2) is 0 Å². The molecule has 0 radical (unpaired) electrons. The van der Waals surface area contributed by atoms with E-state index in [1.54, 1.807) is 6.42 Å². The molecule has 0 aromatic heterocycles. The monoisotopic (exact) mass is 455 g/mol. The number of rotatable bonds is 3. The lowest BCUT2D eigenvalue weighted by Gasteiger charge is -2.51. The Morgan fingerprint density at radius 3 is 2.45 bits per heavy atom. The highest BCUT2D eigenvalue weighted by Gasteiger charge is 2.50. The largest absolute Gasteiger partial charge is 0.311 e. The van der Waals surface area contributed by atoms with E-state index < -0.39 is 0 Å². The van der Waals surface area contributed by atoms with Crippen molar-refractivity contribution in [1.82, 2.24) is 15.1 Å². The first-order valence-electron chi connectivity index (χ1n) is 15.2. The van der Waals surface area contributed by atoms with Gasteiger partial charge in [-0.1, -0.05) is 20.8 Å². The average molecular weight is 456 g/mol. The summed E-state index contributed by atoms with van der Waals surface area (Å²) in [7, 11) is 2.46. The number of hydrogen-bond donors (Lipinski definition) is 1. The molecule has 3 nitrogen and oxygen atoms in total. The lowest BCUT2D eigenvalue weighted by atomic mass is 9.65. The molecule has 3 saturated carbocycles. The topological polar surface area (TPSA) is 18.5 Å². The summed E-state index contributed by atoms with van der Waals surface area (Å²) in [6, 6.07) is 3.39. The molecule has 3 heteroatoms. The van der Waals surface area contributed by atoms with E-state index in [4.69, 9.17) is 0 Å². The van der Waals surface area contributed by atoms with Crippen LogP contribution >= 0.6 is 0 Å². The van der Waals surface area contributed by atoms with Crippen molar-refractivity contribution in [3.63, 3.8) is 0 Å². The Balaban J connectivity index is 1.16. The van der Waals surface area contributed by atoms with Gasteiger partial charge in [-0.25, -0.2) is 0 Å². The second kappa shape index (κ2) is 9.40. The molecule has 0 unspecified atom stereocenters. The molecule has 188 valence electrons. The van der Waals surface area contributed by atoms with E-state index in [9.17, 15) is 0 Å². The third-order valence-electron chi connectivity index (χ3n) is 12.0. The highest BCUT2D eigenvalue weighted by molar-refractivity contribution is 5.04. The van der Waals surface area contributed by atoms with E-state index in [1.807, 2.05) is 0 Å². The maximum absolute atomic E-state index is 4.39. The van der Waals surface area contributed by atoms with Crippen molar-refractivity contribution in [2.45, 2.75) is 116 Å². The number of hydrogen-bond acceptors (Lipinski definition) is 3. The van der Waals surface area contributed by atoms with Crippen molar-refractivity contribution in [3.05, 3.63) is 0 Å². The van der Waals surface area contributed by atoms with Crippen molar-refractivity contribution in [1.29, 1.82) is 0 Å². The molecule has 12 atom stereocenters. The highest BCUT2D eigenvalue weighted by atomic mass is 15.2. The Bertz CT molecular complexity index is 679. The lowest BCUT2D eigenvalue weighted by molar-refractivity contribution is -0.00636. The van der Waals surface area contributed by atoms with Gasteiger partial charge in [-0.2, -0.15) is 0 Å². The van der Waals surface area contributed by atoms with Gasteiger partial charge in [0.05, 0.1) is 0 Å². The summed E-state index contributed by atoms with van der Waals surface area (Å²) >= 11 is 0. The zero-order valence-corrected chi connectivity index (χ0v) is 22.2. The van der Waals surface area contributed by atoms with Crippen molar-refractivity contribution < 1.29 is 0 Å². The standard InChI is InChI=1S/C30H53N3/c1-5-33-10-6-7-26-21(11-20(3)14-30(26)33)15-24-8-9-25-23-16-27-22(17-28(25)31-24)12-19(2)13-29(27)32(4)18-23/h19-31H,5-18H2,1-4H3/t19-,20+,21-,22+,23-,24+,25-,26-,27-,28+,29+,30+/m1/s1. The zero-order chi connectivity index (χ0) is 22.7. The maximum atomic E-state index is 4.39. The van der Waals surface area contributed by atoms with E-state index in [1.165, 1.54) is 83.8 Å². The Morgan fingerprint density at radius 2 is 1.61 bits per heavy atom. The molecular formula is C30H53N3. The fourth-order valence-electron chi connectivity index (χ4n) is 10.7. The van der Waals surface area contributed by atoms with Crippen LogP contribution in [0.4, 0.5) is 0 Å². The summed E-state index contributed by atoms with van der Waals surface area (Å²) in [5.41, 5.74) is 0. The van der Waals surface area contributed by atoms with Crippen LogP contribution in [-0.2, 0) is 0 Å². The van der Waals surface area contributed by atoms with Crippen molar-refractivity contribution in [2.24, 2.45) is 47.3 Å². The van der Waals surface area contributed by atoms with Crippen LogP contribution in [0.3, 0.4) is 0 Å². The first kappa shape index (κ1) is 23.3. The summed E-state index contributed by atoms with van der Waals surface area (Å²) in [6.45, 7) is 11.5. The van der Waals surface area contributed by atoms with E-state index in [2.05, 4.69) is 42.9 Å². The van der Waals surface area contributed by atoms with Gasteiger partial charge < -0.3 is 15.1 Å². The fourth-order valence-corrected chi connectivity index (χ4v) is 10.7. The van der Waals surface area contributed by atoms with Crippen LogP contribution in [0.1, 0.15) is 91.4 Å². The van der Waals surface area contributed by atoms with Gasteiger partial charge in [0.1, 0.15) is 0 Å². The van der Waals surface area contributed by atoms with Gasteiger partial charge >= 0.3 is 0 Å². The normalized spacial score (nSPS) is 53.1. The van der Waals surface area contributed by atoms with E-state index in [0.717, 1.165) is 71.5 Å². The highest BCUT2D eigenvalue weighted by Crippen LogP contribution is 2.52. The van der Waals surface area contributed by atoms with Gasteiger partial charge in [0, 0.05) is 30.7 Å². The third-order valence-corrected chi connectivity index (χ3v) is 12.0. The summed E-state index contributed by atoms with van der Waals surface area (Å²) < 4.78 is 0. The number of fused-ring (bicyclic) bond motifs is 4. The Hall–Kier alpha value is -0.120. The van der Waals surface area contributed by atoms with Crippen molar-refractivity contribution in [3.8, 4) is 0 Å². The van der Waals surface area contributed by atoms with E-state index in [-0.39, 0.29) is 0 Å². The summed E-state index contributed by atoms with van der Waals surface area (Å²) in [5, 5.41) is 4.39. The molecule has 33 heavy (non-hydrogen) atoms. The van der Waals surface area contributed by atoms with E-state index in [0.29, 0.717) is 0 Å². The summed E-state index contributed by atoms with van der Waals surface area (Å²) in [4.78, 5) is 5.66. The first-order valence-corrected chi connectivity index (χ1v) is 15.2. The van der Waals surface area contributed by atoms with Crippen LogP contribution in [0.25, 0.3) is 0 Å². The molecule has 3 heterocycles. The smallest absolute Gasteiger partial charge is 0.0129 e. The van der Waals surface area contributed by atoms with Crippen LogP contribution in [0.15, 0.2) is 0 Å². The van der Waals surface area contributed by atoms with Gasteiger partial charge in [0.2, 0.25) is 0 Å². The van der Waals surface area contributed by atoms with Crippen LogP contribution < -0.4 is 5.32 Å². The molecule has 0 aromatic rings. The lowest BCUT2D eigenvalue weighted by Crippen LogP contribution is -2.55. The Morgan fingerprint density at radius 1 is 0.788 bits per heavy atom. The molecule has 1 N–H and O–H groups in total. The quantitative estimate of drug-likeness (QED) is 0.593. The second-order valence-corrected chi connectivity index (χ2v) is 14.0. The Kier molecular flexibility index (Phi) is 6.63. The molecule has 3 saturated heterocycles.